The van der Waals surface area contributed by atoms with Crippen LogP contribution in [0.15, 0.2) is 83.6 Å². The number of ether oxygens (including phenoxy) is 1. The molecule has 33 heavy (non-hydrogen) atoms. The highest BCUT2D eigenvalue weighted by Crippen LogP contribution is 2.28. The van der Waals surface area contributed by atoms with Gasteiger partial charge in [0.1, 0.15) is 5.75 Å². The van der Waals surface area contributed by atoms with Crippen molar-refractivity contribution in [2.24, 2.45) is 5.10 Å². The number of hydrogen-bond donors (Lipinski definition) is 1. The number of thioether (sulfide) groups is 1. The summed E-state index contributed by atoms with van der Waals surface area (Å²) in [6, 6.07) is 15.0. The van der Waals surface area contributed by atoms with Crippen molar-refractivity contribution in [2.75, 3.05) is 12.4 Å². The number of pyridine rings is 2. The fourth-order valence-corrected chi connectivity index (χ4v) is 3.67. The number of hydrogen-bond acceptors (Lipinski definition) is 8. The van der Waals surface area contributed by atoms with Gasteiger partial charge in [-0.05, 0) is 61.0 Å². The van der Waals surface area contributed by atoms with E-state index in [2.05, 4.69) is 30.7 Å². The second-order valence-corrected chi connectivity index (χ2v) is 7.62. The van der Waals surface area contributed by atoms with Gasteiger partial charge < -0.3 is 4.74 Å². The fraction of sp³-hybridized carbons (Fsp3) is 0.130. The maximum Gasteiger partial charge on any atom is 0.250 e. The number of benzene rings is 1. The summed E-state index contributed by atoms with van der Waals surface area (Å²) in [5.74, 6) is 1.27. The molecule has 0 spiro atoms. The molecule has 0 aliphatic carbocycles. The van der Waals surface area contributed by atoms with E-state index in [9.17, 15) is 4.79 Å². The van der Waals surface area contributed by atoms with Gasteiger partial charge in [0.2, 0.25) is 0 Å². The number of aromatic nitrogens is 5. The number of hydrazone groups is 1. The van der Waals surface area contributed by atoms with Crippen LogP contribution in [0.5, 0.6) is 5.75 Å². The topological polar surface area (TPSA) is 107 Å². The molecule has 0 fully saturated rings. The average molecular weight is 460 g/mol. The molecule has 1 N–H and O–H groups in total. The van der Waals surface area contributed by atoms with E-state index in [1.54, 1.807) is 43.1 Å². The van der Waals surface area contributed by atoms with Crippen LogP contribution in [0.3, 0.4) is 0 Å². The van der Waals surface area contributed by atoms with Crippen molar-refractivity contribution in [3.63, 3.8) is 0 Å². The molecule has 4 rings (SSSR count). The first kappa shape index (κ1) is 22.2. The third kappa shape index (κ3) is 5.80. The number of amides is 1. The zero-order valence-corrected chi connectivity index (χ0v) is 18.6. The van der Waals surface area contributed by atoms with Crippen LogP contribution in [0.1, 0.15) is 12.5 Å². The first-order chi connectivity index (χ1) is 16.2. The molecule has 0 radical (unpaired) electrons. The predicted octanol–water partition coefficient (Wildman–Crippen LogP) is 3.37. The quantitative estimate of drug-likeness (QED) is 0.232. The Balaban J connectivity index is 1.52. The van der Waals surface area contributed by atoms with Crippen LogP contribution in [0, 0.1) is 0 Å². The van der Waals surface area contributed by atoms with Gasteiger partial charge in [-0.2, -0.15) is 5.10 Å². The molecular formula is C23H21N7O2S. The number of nitrogens with one attached hydrogen (secondary N) is 1. The van der Waals surface area contributed by atoms with Crippen LogP contribution in [0.4, 0.5) is 0 Å². The van der Waals surface area contributed by atoms with Gasteiger partial charge in [0, 0.05) is 36.0 Å². The minimum Gasteiger partial charge on any atom is -0.494 e. The van der Waals surface area contributed by atoms with Crippen molar-refractivity contribution in [1.29, 1.82) is 0 Å². The van der Waals surface area contributed by atoms with Gasteiger partial charge >= 0.3 is 0 Å². The Labute approximate surface area is 195 Å². The van der Waals surface area contributed by atoms with Crippen molar-refractivity contribution in [2.45, 2.75) is 12.1 Å². The van der Waals surface area contributed by atoms with Crippen LogP contribution in [-0.2, 0) is 4.79 Å². The highest BCUT2D eigenvalue weighted by molar-refractivity contribution is 7.99. The minimum absolute atomic E-state index is 0.121. The minimum atomic E-state index is -0.255. The fourth-order valence-electron chi connectivity index (χ4n) is 2.93. The second kappa shape index (κ2) is 11.0. The Morgan fingerprint density at radius 1 is 1.09 bits per heavy atom. The molecule has 0 aliphatic heterocycles. The largest absolute Gasteiger partial charge is 0.494 e. The Morgan fingerprint density at radius 2 is 1.91 bits per heavy atom. The number of nitrogens with zero attached hydrogens (tertiary/aromatic N) is 6. The van der Waals surface area contributed by atoms with E-state index in [-0.39, 0.29) is 11.7 Å². The Bertz CT molecular complexity index is 1210. The summed E-state index contributed by atoms with van der Waals surface area (Å²) in [6.07, 6.45) is 8.31. The van der Waals surface area contributed by atoms with Crippen molar-refractivity contribution < 1.29 is 9.53 Å². The maximum absolute atomic E-state index is 12.3. The van der Waals surface area contributed by atoms with E-state index in [1.165, 1.54) is 11.8 Å². The van der Waals surface area contributed by atoms with E-state index in [4.69, 9.17) is 4.74 Å². The zero-order valence-electron chi connectivity index (χ0n) is 17.8. The lowest BCUT2D eigenvalue weighted by Crippen LogP contribution is -2.20. The zero-order chi connectivity index (χ0) is 22.9. The van der Waals surface area contributed by atoms with Crippen LogP contribution in [0.2, 0.25) is 0 Å². The summed E-state index contributed by atoms with van der Waals surface area (Å²) in [6.45, 7) is 2.53. The molecule has 3 aromatic heterocycles. The molecular weight excluding hydrogens is 438 g/mol. The molecule has 166 valence electrons. The van der Waals surface area contributed by atoms with Gasteiger partial charge in [0.15, 0.2) is 11.0 Å². The smallest absolute Gasteiger partial charge is 0.250 e. The van der Waals surface area contributed by atoms with E-state index in [0.29, 0.717) is 17.6 Å². The van der Waals surface area contributed by atoms with Crippen LogP contribution in [-0.4, -0.2) is 49.2 Å². The van der Waals surface area contributed by atoms with Crippen LogP contribution < -0.4 is 10.2 Å². The average Bonchev–Trinajstić information content (AvgIpc) is 3.29. The summed E-state index contributed by atoms with van der Waals surface area (Å²) in [5, 5.41) is 13.2. The van der Waals surface area contributed by atoms with Gasteiger partial charge in [-0.25, -0.2) is 5.43 Å². The molecule has 0 aliphatic rings. The van der Waals surface area contributed by atoms with Gasteiger partial charge in [0.05, 0.1) is 18.6 Å². The molecule has 3 heterocycles. The normalized spacial score (nSPS) is 10.9. The summed E-state index contributed by atoms with van der Waals surface area (Å²) >= 11 is 1.27. The summed E-state index contributed by atoms with van der Waals surface area (Å²) in [7, 11) is 0. The standard InChI is InChI=1S/C23H21N7O2S/c1-2-32-20-7-5-19(6-8-20)30-22(18-4-3-11-25-15-18)28-29-23(30)33-16-21(31)27-26-14-17-9-12-24-13-10-17/h3-15H,2,16H2,1H3,(H,27,31)/b26-14-. The van der Waals surface area contributed by atoms with Crippen LogP contribution in [0.25, 0.3) is 17.1 Å². The maximum atomic E-state index is 12.3. The van der Waals surface area contributed by atoms with E-state index >= 15 is 0 Å². The second-order valence-electron chi connectivity index (χ2n) is 6.67. The number of carbonyl (C=O) groups excluding carboxylic acids is 1. The summed E-state index contributed by atoms with van der Waals surface area (Å²) < 4.78 is 7.44. The Morgan fingerprint density at radius 3 is 2.64 bits per heavy atom. The summed E-state index contributed by atoms with van der Waals surface area (Å²) in [4.78, 5) is 20.4. The molecule has 9 nitrogen and oxygen atoms in total. The van der Waals surface area contributed by atoms with Crippen molar-refractivity contribution in [3.05, 3.63) is 78.9 Å². The monoisotopic (exact) mass is 459 g/mol. The number of carbonyl (C=O) groups is 1. The molecule has 0 saturated heterocycles. The first-order valence-corrected chi connectivity index (χ1v) is 11.2. The summed E-state index contributed by atoms with van der Waals surface area (Å²) in [5.41, 5.74) is 5.03. The highest BCUT2D eigenvalue weighted by atomic mass is 32.2. The molecule has 0 atom stereocenters. The van der Waals surface area contributed by atoms with Gasteiger partial charge in [-0.3, -0.25) is 19.3 Å². The molecule has 0 bridgehead atoms. The highest BCUT2D eigenvalue weighted by Gasteiger charge is 2.17. The van der Waals surface area contributed by atoms with Crippen LogP contribution >= 0.6 is 11.8 Å². The lowest BCUT2D eigenvalue weighted by atomic mass is 10.2. The Hall–Kier alpha value is -4.05. The third-order valence-electron chi connectivity index (χ3n) is 4.40. The van der Waals surface area contributed by atoms with Gasteiger partial charge in [0.25, 0.3) is 5.91 Å². The number of rotatable bonds is 9. The SMILES string of the molecule is CCOc1ccc(-n2c(SCC(=O)N/N=C\c3ccncc3)nnc2-c2cccnc2)cc1. The van der Waals surface area contributed by atoms with Crippen molar-refractivity contribution >= 4 is 23.9 Å². The molecule has 10 heteroatoms. The lowest BCUT2D eigenvalue weighted by Gasteiger charge is -2.11. The van der Waals surface area contributed by atoms with E-state index in [1.807, 2.05) is 47.9 Å². The molecule has 1 amide bonds. The molecule has 0 saturated carbocycles. The Kier molecular flexibility index (Phi) is 7.39. The third-order valence-corrected chi connectivity index (χ3v) is 5.33. The predicted molar refractivity (Wildman–Crippen MR) is 126 cm³/mol. The van der Waals surface area contributed by atoms with Gasteiger partial charge in [-0.15, -0.1) is 10.2 Å². The molecule has 4 aromatic rings. The molecule has 1 aromatic carbocycles. The molecule has 0 unspecified atom stereocenters. The lowest BCUT2D eigenvalue weighted by molar-refractivity contribution is -0.118. The van der Waals surface area contributed by atoms with E-state index in [0.717, 1.165) is 22.6 Å². The van der Waals surface area contributed by atoms with Crippen molar-refractivity contribution in [1.82, 2.24) is 30.2 Å². The van der Waals surface area contributed by atoms with Crippen molar-refractivity contribution in [3.8, 4) is 22.8 Å². The van der Waals surface area contributed by atoms with E-state index < -0.39 is 0 Å². The first-order valence-electron chi connectivity index (χ1n) is 10.2. The van der Waals surface area contributed by atoms with Gasteiger partial charge in [-0.1, -0.05) is 11.8 Å².